The van der Waals surface area contributed by atoms with Gasteiger partial charge in [-0.1, -0.05) is 26.0 Å². The number of hydrogen-bond donors (Lipinski definition) is 3. The SMILES string of the molecule is CCCNC(=O)CNCC(O)COCC1CC=CCC1C. The van der Waals surface area contributed by atoms with Crippen molar-refractivity contribution in [2.45, 2.75) is 39.2 Å². The summed E-state index contributed by atoms with van der Waals surface area (Å²) in [6, 6.07) is 0. The van der Waals surface area contributed by atoms with Crippen LogP contribution in [0.1, 0.15) is 33.1 Å². The second kappa shape index (κ2) is 10.8. The zero-order chi connectivity index (χ0) is 15.5. The van der Waals surface area contributed by atoms with Crippen molar-refractivity contribution in [2.24, 2.45) is 11.8 Å². The van der Waals surface area contributed by atoms with Crippen LogP contribution in [0, 0.1) is 11.8 Å². The molecular formula is C16H30N2O3. The van der Waals surface area contributed by atoms with E-state index in [9.17, 15) is 9.90 Å². The lowest BCUT2D eigenvalue weighted by Crippen LogP contribution is -2.39. The van der Waals surface area contributed by atoms with Crippen LogP contribution in [0.3, 0.4) is 0 Å². The normalized spacial score (nSPS) is 23.0. The second-order valence-electron chi connectivity index (χ2n) is 5.85. The lowest BCUT2D eigenvalue weighted by molar-refractivity contribution is -0.120. The smallest absolute Gasteiger partial charge is 0.233 e. The van der Waals surface area contributed by atoms with Crippen molar-refractivity contribution in [1.29, 1.82) is 0 Å². The number of rotatable bonds is 10. The highest BCUT2D eigenvalue weighted by atomic mass is 16.5. The van der Waals surface area contributed by atoms with E-state index >= 15 is 0 Å². The third-order valence-corrected chi connectivity index (χ3v) is 3.80. The zero-order valence-electron chi connectivity index (χ0n) is 13.3. The summed E-state index contributed by atoms with van der Waals surface area (Å²) in [6.45, 7) is 6.57. The topological polar surface area (TPSA) is 70.6 Å². The number of aliphatic hydroxyl groups excluding tert-OH is 1. The molecule has 1 amide bonds. The summed E-state index contributed by atoms with van der Waals surface area (Å²) < 4.78 is 5.60. The molecule has 1 aliphatic rings. The molecule has 0 bridgehead atoms. The fraction of sp³-hybridized carbons (Fsp3) is 0.812. The zero-order valence-corrected chi connectivity index (χ0v) is 13.3. The van der Waals surface area contributed by atoms with Gasteiger partial charge in [0.1, 0.15) is 0 Å². The van der Waals surface area contributed by atoms with E-state index in [1.165, 1.54) is 0 Å². The third kappa shape index (κ3) is 8.19. The van der Waals surface area contributed by atoms with Crippen molar-refractivity contribution in [1.82, 2.24) is 10.6 Å². The summed E-state index contributed by atoms with van der Waals surface area (Å²) in [4.78, 5) is 11.3. The van der Waals surface area contributed by atoms with Crippen molar-refractivity contribution < 1.29 is 14.6 Å². The summed E-state index contributed by atoms with van der Waals surface area (Å²) in [6.07, 6.45) is 6.97. The van der Waals surface area contributed by atoms with Gasteiger partial charge in [-0.15, -0.1) is 0 Å². The van der Waals surface area contributed by atoms with Crippen LogP contribution in [0.2, 0.25) is 0 Å². The van der Waals surface area contributed by atoms with Gasteiger partial charge in [-0.2, -0.15) is 0 Å². The molecule has 3 N–H and O–H groups in total. The highest BCUT2D eigenvalue weighted by Gasteiger charge is 2.18. The average molecular weight is 298 g/mol. The minimum absolute atomic E-state index is 0.0345. The average Bonchev–Trinajstić information content (AvgIpc) is 2.47. The van der Waals surface area contributed by atoms with Gasteiger partial charge in [-0.3, -0.25) is 4.79 Å². The van der Waals surface area contributed by atoms with Crippen LogP contribution in [0.4, 0.5) is 0 Å². The number of aliphatic hydroxyl groups is 1. The first-order chi connectivity index (χ1) is 10.1. The number of allylic oxidation sites excluding steroid dienone is 2. The Morgan fingerprint density at radius 2 is 2.19 bits per heavy atom. The first-order valence-corrected chi connectivity index (χ1v) is 8.01. The second-order valence-corrected chi connectivity index (χ2v) is 5.85. The maximum absolute atomic E-state index is 11.3. The predicted molar refractivity (Wildman–Crippen MR) is 84.0 cm³/mol. The van der Waals surface area contributed by atoms with Crippen LogP contribution in [-0.2, 0) is 9.53 Å². The number of ether oxygens (including phenoxy) is 1. The molecule has 1 aliphatic carbocycles. The van der Waals surface area contributed by atoms with Crippen LogP contribution in [-0.4, -0.2) is 50.0 Å². The van der Waals surface area contributed by atoms with Gasteiger partial charge in [-0.05, 0) is 31.1 Å². The fourth-order valence-electron chi connectivity index (χ4n) is 2.33. The minimum Gasteiger partial charge on any atom is -0.389 e. The monoisotopic (exact) mass is 298 g/mol. The van der Waals surface area contributed by atoms with Crippen LogP contribution in [0.15, 0.2) is 12.2 Å². The van der Waals surface area contributed by atoms with Crippen LogP contribution >= 0.6 is 0 Å². The van der Waals surface area contributed by atoms with Gasteiger partial charge < -0.3 is 20.5 Å². The fourth-order valence-corrected chi connectivity index (χ4v) is 2.33. The Morgan fingerprint density at radius 3 is 2.90 bits per heavy atom. The Morgan fingerprint density at radius 1 is 1.43 bits per heavy atom. The molecule has 0 saturated carbocycles. The predicted octanol–water partition coefficient (Wildman–Crippen LogP) is 1.08. The standard InChI is InChI=1S/C16H30N2O3/c1-3-8-18-16(20)10-17-9-15(19)12-21-11-14-7-5-4-6-13(14)2/h4-5,13-15,17,19H,3,6-12H2,1-2H3,(H,18,20). The highest BCUT2D eigenvalue weighted by Crippen LogP contribution is 2.24. The molecule has 122 valence electrons. The van der Waals surface area contributed by atoms with Gasteiger partial charge >= 0.3 is 0 Å². The van der Waals surface area contributed by atoms with E-state index in [4.69, 9.17) is 4.74 Å². The summed E-state index contributed by atoms with van der Waals surface area (Å²) in [7, 11) is 0. The molecule has 21 heavy (non-hydrogen) atoms. The first kappa shape index (κ1) is 18.1. The molecule has 0 heterocycles. The van der Waals surface area contributed by atoms with Crippen molar-refractivity contribution in [3.05, 3.63) is 12.2 Å². The molecule has 0 aromatic heterocycles. The van der Waals surface area contributed by atoms with E-state index in [-0.39, 0.29) is 12.5 Å². The Bertz CT molecular complexity index is 321. The largest absolute Gasteiger partial charge is 0.389 e. The molecule has 1 rings (SSSR count). The van der Waals surface area contributed by atoms with Gasteiger partial charge in [0.2, 0.25) is 5.91 Å². The van der Waals surface area contributed by atoms with Crippen molar-refractivity contribution in [2.75, 3.05) is 32.8 Å². The van der Waals surface area contributed by atoms with Gasteiger partial charge in [0.05, 0.1) is 25.9 Å². The van der Waals surface area contributed by atoms with Crippen LogP contribution in [0.5, 0.6) is 0 Å². The van der Waals surface area contributed by atoms with Gasteiger partial charge in [0.15, 0.2) is 0 Å². The van der Waals surface area contributed by atoms with E-state index in [0.29, 0.717) is 38.1 Å². The van der Waals surface area contributed by atoms with Crippen LogP contribution < -0.4 is 10.6 Å². The van der Waals surface area contributed by atoms with Crippen molar-refractivity contribution in [3.8, 4) is 0 Å². The number of hydrogen-bond acceptors (Lipinski definition) is 4. The first-order valence-electron chi connectivity index (χ1n) is 8.01. The maximum atomic E-state index is 11.3. The number of carbonyl (C=O) groups is 1. The Kier molecular flexibility index (Phi) is 9.30. The Labute approximate surface area is 128 Å². The van der Waals surface area contributed by atoms with Crippen molar-refractivity contribution >= 4 is 5.91 Å². The molecule has 3 atom stereocenters. The molecule has 0 fully saturated rings. The van der Waals surface area contributed by atoms with Crippen molar-refractivity contribution in [3.63, 3.8) is 0 Å². The van der Waals surface area contributed by atoms with Crippen LogP contribution in [0.25, 0.3) is 0 Å². The van der Waals surface area contributed by atoms with E-state index in [2.05, 4.69) is 29.7 Å². The van der Waals surface area contributed by atoms with E-state index in [0.717, 1.165) is 19.3 Å². The summed E-state index contributed by atoms with van der Waals surface area (Å²) in [5.74, 6) is 1.16. The lowest BCUT2D eigenvalue weighted by atomic mass is 9.85. The van der Waals surface area contributed by atoms with Gasteiger partial charge in [0.25, 0.3) is 0 Å². The van der Waals surface area contributed by atoms with E-state index < -0.39 is 6.10 Å². The molecule has 0 aromatic carbocycles. The molecule has 0 spiro atoms. The molecule has 5 nitrogen and oxygen atoms in total. The minimum atomic E-state index is -0.571. The summed E-state index contributed by atoms with van der Waals surface area (Å²) >= 11 is 0. The van der Waals surface area contributed by atoms with Gasteiger partial charge in [0, 0.05) is 13.1 Å². The molecular weight excluding hydrogens is 268 g/mol. The van der Waals surface area contributed by atoms with E-state index in [1.807, 2.05) is 6.92 Å². The Hall–Kier alpha value is -0.910. The quantitative estimate of drug-likeness (QED) is 0.528. The lowest BCUT2D eigenvalue weighted by Gasteiger charge is -2.25. The molecule has 5 heteroatoms. The van der Waals surface area contributed by atoms with E-state index in [1.54, 1.807) is 0 Å². The highest BCUT2D eigenvalue weighted by molar-refractivity contribution is 5.77. The number of nitrogens with one attached hydrogen (secondary N) is 2. The molecule has 0 radical (unpaired) electrons. The maximum Gasteiger partial charge on any atom is 0.233 e. The molecule has 0 aromatic rings. The summed E-state index contributed by atoms with van der Waals surface area (Å²) in [5, 5.41) is 15.5. The molecule has 0 aliphatic heterocycles. The molecule has 3 unspecified atom stereocenters. The molecule has 0 saturated heterocycles. The summed E-state index contributed by atoms with van der Waals surface area (Å²) in [5.41, 5.74) is 0. The third-order valence-electron chi connectivity index (χ3n) is 3.80. The number of carbonyl (C=O) groups excluding carboxylic acids is 1. The number of amides is 1. The Balaban J connectivity index is 2.02. The van der Waals surface area contributed by atoms with Gasteiger partial charge in [-0.25, -0.2) is 0 Å².